The number of rotatable bonds is 3. The highest BCUT2D eigenvalue weighted by atomic mass is 16.6. The van der Waals surface area contributed by atoms with Gasteiger partial charge in [-0.25, -0.2) is 14.2 Å². The summed E-state index contributed by atoms with van der Waals surface area (Å²) in [5.74, 6) is 0.601. The zero-order chi connectivity index (χ0) is 21.5. The van der Waals surface area contributed by atoms with Crippen LogP contribution in [0.2, 0.25) is 0 Å². The predicted molar refractivity (Wildman–Crippen MR) is 113 cm³/mol. The molecule has 30 heavy (non-hydrogen) atoms. The number of fused-ring (bicyclic) bond motifs is 1. The van der Waals surface area contributed by atoms with Crippen LogP contribution in [0.4, 0.5) is 4.79 Å². The minimum absolute atomic E-state index is 0.138. The summed E-state index contributed by atoms with van der Waals surface area (Å²) in [5, 5.41) is 4.25. The maximum Gasteiger partial charge on any atom is 0.410 e. The molecular formula is C22H28N4O4. The number of aromatic nitrogens is 3. The van der Waals surface area contributed by atoms with Crippen molar-refractivity contribution in [3.05, 3.63) is 46.5 Å². The average molecular weight is 412 g/mol. The number of carbonyl (C=O) groups excluding carboxylic acids is 1. The SMILES string of the molecule is CCn1c(=O)n(-c2cc(C3CCN(C(=O)OC(C)(C)C)CC3)no2)c2ccccc21. The van der Waals surface area contributed by atoms with Crippen molar-refractivity contribution >= 4 is 17.1 Å². The molecule has 1 fully saturated rings. The summed E-state index contributed by atoms with van der Waals surface area (Å²) in [6.45, 7) is 9.34. The molecule has 0 spiro atoms. The number of hydrogen-bond donors (Lipinski definition) is 0. The van der Waals surface area contributed by atoms with Crippen LogP contribution in [0, 0.1) is 0 Å². The van der Waals surface area contributed by atoms with Crippen LogP contribution >= 0.6 is 0 Å². The van der Waals surface area contributed by atoms with Gasteiger partial charge in [0.15, 0.2) is 0 Å². The van der Waals surface area contributed by atoms with Gasteiger partial charge in [-0.05, 0) is 52.7 Å². The van der Waals surface area contributed by atoms with Gasteiger partial charge in [-0.3, -0.25) is 4.57 Å². The zero-order valence-electron chi connectivity index (χ0n) is 17.9. The Morgan fingerprint density at radius 1 is 1.20 bits per heavy atom. The van der Waals surface area contributed by atoms with Crippen molar-refractivity contribution in [2.24, 2.45) is 0 Å². The van der Waals surface area contributed by atoms with Crippen molar-refractivity contribution in [1.29, 1.82) is 0 Å². The molecule has 1 aromatic carbocycles. The highest BCUT2D eigenvalue weighted by molar-refractivity contribution is 5.77. The Labute approximate surface area is 175 Å². The number of piperidine rings is 1. The Hall–Kier alpha value is -3.03. The molecule has 0 unspecified atom stereocenters. The molecule has 160 valence electrons. The van der Waals surface area contributed by atoms with Crippen molar-refractivity contribution in [2.45, 2.75) is 58.6 Å². The number of nitrogens with zero attached hydrogens (tertiary/aromatic N) is 4. The molecule has 4 rings (SSSR count). The summed E-state index contributed by atoms with van der Waals surface area (Å²) >= 11 is 0. The molecule has 1 aliphatic heterocycles. The topological polar surface area (TPSA) is 82.5 Å². The number of para-hydroxylation sites is 2. The van der Waals surface area contributed by atoms with Crippen molar-refractivity contribution in [3.63, 3.8) is 0 Å². The lowest BCUT2D eigenvalue weighted by atomic mass is 9.94. The standard InChI is InChI=1S/C22H28N4O4/c1-5-25-17-8-6-7-9-18(17)26(20(25)27)19-14-16(23-30-19)15-10-12-24(13-11-15)21(28)29-22(2,3)4/h6-9,14-15H,5,10-13H2,1-4H3. The Morgan fingerprint density at radius 3 is 2.50 bits per heavy atom. The number of benzene rings is 1. The van der Waals surface area contributed by atoms with E-state index in [1.54, 1.807) is 14.0 Å². The van der Waals surface area contributed by atoms with Gasteiger partial charge in [-0.2, -0.15) is 0 Å². The molecule has 0 saturated carbocycles. The molecule has 2 aromatic heterocycles. The third-order valence-corrected chi connectivity index (χ3v) is 5.45. The molecule has 0 radical (unpaired) electrons. The second-order valence-corrected chi connectivity index (χ2v) is 8.68. The summed E-state index contributed by atoms with van der Waals surface area (Å²) in [5.41, 5.74) is 1.84. The van der Waals surface area contributed by atoms with Crippen LogP contribution in [0.1, 0.15) is 52.1 Å². The van der Waals surface area contributed by atoms with Gasteiger partial charge in [0.1, 0.15) is 5.60 Å². The molecule has 8 heteroatoms. The van der Waals surface area contributed by atoms with E-state index in [4.69, 9.17) is 9.26 Å². The average Bonchev–Trinajstić information content (AvgIpc) is 3.28. The molecule has 1 aliphatic rings. The van der Waals surface area contributed by atoms with E-state index in [1.165, 1.54) is 0 Å². The van der Waals surface area contributed by atoms with Crippen molar-refractivity contribution < 1.29 is 14.1 Å². The minimum atomic E-state index is -0.500. The fourth-order valence-corrected chi connectivity index (χ4v) is 3.99. The van der Waals surface area contributed by atoms with Crippen LogP contribution in [0.3, 0.4) is 0 Å². The Balaban J connectivity index is 1.53. The Kier molecular flexibility index (Phi) is 5.17. The largest absolute Gasteiger partial charge is 0.444 e. The monoisotopic (exact) mass is 412 g/mol. The van der Waals surface area contributed by atoms with E-state index >= 15 is 0 Å². The predicted octanol–water partition coefficient (Wildman–Crippen LogP) is 3.91. The molecule has 3 heterocycles. The van der Waals surface area contributed by atoms with Gasteiger partial charge in [0.05, 0.1) is 16.7 Å². The van der Waals surface area contributed by atoms with Crippen molar-refractivity contribution in [2.75, 3.05) is 13.1 Å². The molecule has 0 aliphatic carbocycles. The van der Waals surface area contributed by atoms with E-state index in [1.807, 2.05) is 58.0 Å². The fourth-order valence-electron chi connectivity index (χ4n) is 3.99. The van der Waals surface area contributed by atoms with Gasteiger partial charge in [0, 0.05) is 31.6 Å². The summed E-state index contributed by atoms with van der Waals surface area (Å²) < 4.78 is 14.3. The molecule has 0 bridgehead atoms. The Morgan fingerprint density at radius 2 is 1.87 bits per heavy atom. The Bertz CT molecular complexity index is 1110. The fraction of sp³-hybridized carbons (Fsp3) is 0.500. The highest BCUT2D eigenvalue weighted by Gasteiger charge is 2.29. The first-order valence-electron chi connectivity index (χ1n) is 10.4. The first-order valence-corrected chi connectivity index (χ1v) is 10.4. The second-order valence-electron chi connectivity index (χ2n) is 8.68. The molecule has 0 N–H and O–H groups in total. The van der Waals surface area contributed by atoms with E-state index in [2.05, 4.69) is 5.16 Å². The van der Waals surface area contributed by atoms with Crippen LogP contribution in [0.25, 0.3) is 16.9 Å². The summed E-state index contributed by atoms with van der Waals surface area (Å²) in [7, 11) is 0. The molecule has 0 atom stereocenters. The normalized spacial score (nSPS) is 15.7. The van der Waals surface area contributed by atoms with E-state index in [-0.39, 0.29) is 17.7 Å². The molecule has 3 aromatic rings. The zero-order valence-corrected chi connectivity index (χ0v) is 17.9. The van der Waals surface area contributed by atoms with E-state index in [0.717, 1.165) is 29.6 Å². The molecular weight excluding hydrogens is 384 g/mol. The number of carbonyl (C=O) groups is 1. The van der Waals surface area contributed by atoms with Crippen molar-refractivity contribution in [1.82, 2.24) is 19.2 Å². The third-order valence-electron chi connectivity index (χ3n) is 5.45. The van der Waals surface area contributed by atoms with Gasteiger partial charge >= 0.3 is 11.8 Å². The van der Waals surface area contributed by atoms with Gasteiger partial charge in [0.2, 0.25) is 5.88 Å². The van der Waals surface area contributed by atoms with Gasteiger partial charge in [0.25, 0.3) is 0 Å². The second kappa shape index (κ2) is 7.66. The van der Waals surface area contributed by atoms with E-state index in [0.29, 0.717) is 25.5 Å². The quantitative estimate of drug-likeness (QED) is 0.651. The number of imidazole rings is 1. The number of aryl methyl sites for hydroxylation is 1. The highest BCUT2D eigenvalue weighted by Crippen LogP contribution is 2.29. The van der Waals surface area contributed by atoms with Crippen LogP contribution in [0.15, 0.2) is 39.6 Å². The summed E-state index contributed by atoms with van der Waals surface area (Å²) in [6.07, 6.45) is 1.27. The van der Waals surface area contributed by atoms with Gasteiger partial charge < -0.3 is 14.2 Å². The number of ether oxygens (including phenoxy) is 1. The third kappa shape index (κ3) is 3.74. The first-order chi connectivity index (χ1) is 14.3. The van der Waals surface area contributed by atoms with Crippen LogP contribution in [0.5, 0.6) is 0 Å². The van der Waals surface area contributed by atoms with Crippen molar-refractivity contribution in [3.8, 4) is 5.88 Å². The number of amides is 1. The molecule has 1 saturated heterocycles. The van der Waals surface area contributed by atoms with Crippen LogP contribution in [-0.2, 0) is 11.3 Å². The maximum absolute atomic E-state index is 12.9. The van der Waals surface area contributed by atoms with E-state index < -0.39 is 5.60 Å². The first kappa shape index (κ1) is 20.3. The lowest BCUT2D eigenvalue weighted by molar-refractivity contribution is 0.0203. The minimum Gasteiger partial charge on any atom is -0.444 e. The lowest BCUT2D eigenvalue weighted by Crippen LogP contribution is -2.41. The maximum atomic E-state index is 12.9. The van der Waals surface area contributed by atoms with E-state index in [9.17, 15) is 9.59 Å². The van der Waals surface area contributed by atoms with Crippen LogP contribution in [-0.4, -0.2) is 44.0 Å². The van der Waals surface area contributed by atoms with Gasteiger partial charge in [-0.1, -0.05) is 17.3 Å². The summed E-state index contributed by atoms with van der Waals surface area (Å²) in [6, 6.07) is 9.51. The summed E-state index contributed by atoms with van der Waals surface area (Å²) in [4.78, 5) is 26.9. The number of likely N-dealkylation sites (tertiary alicyclic amines) is 1. The smallest absolute Gasteiger partial charge is 0.410 e. The number of hydrogen-bond acceptors (Lipinski definition) is 5. The molecule has 8 nitrogen and oxygen atoms in total. The van der Waals surface area contributed by atoms with Crippen LogP contribution < -0.4 is 5.69 Å². The van der Waals surface area contributed by atoms with Gasteiger partial charge in [-0.15, -0.1) is 0 Å². The lowest BCUT2D eigenvalue weighted by Gasteiger charge is -2.32. The molecule has 1 amide bonds.